The Hall–Kier alpha value is -1.87. The topological polar surface area (TPSA) is 25.4 Å². The molecule has 1 aliphatic heterocycles. The number of halogens is 2. The molecule has 3 aromatic rings. The molecule has 4 heteroatoms. The summed E-state index contributed by atoms with van der Waals surface area (Å²) in [7, 11) is 0. The average Bonchev–Trinajstić information content (AvgIpc) is 3.35. The van der Waals surface area contributed by atoms with Crippen molar-refractivity contribution in [2.45, 2.75) is 12.2 Å². The monoisotopic (exact) mass is 341 g/mol. The van der Waals surface area contributed by atoms with E-state index in [2.05, 4.69) is 17.1 Å². The van der Waals surface area contributed by atoms with Crippen LogP contribution in [0.15, 0.2) is 67.0 Å². The summed E-state index contributed by atoms with van der Waals surface area (Å²) < 4.78 is 5.91. The van der Waals surface area contributed by atoms with E-state index >= 15 is 0 Å². The number of ether oxygens (including phenoxy) is 1. The number of rotatable bonds is 3. The highest BCUT2D eigenvalue weighted by Gasteiger charge is 2.42. The van der Waals surface area contributed by atoms with E-state index in [1.54, 1.807) is 12.3 Å². The minimum atomic E-state index is 0.0353. The summed E-state index contributed by atoms with van der Waals surface area (Å²) in [5.41, 5.74) is 4.32. The van der Waals surface area contributed by atoms with Gasteiger partial charge in [-0.3, -0.25) is 4.98 Å². The van der Waals surface area contributed by atoms with Crippen molar-refractivity contribution >= 4 is 23.2 Å². The van der Waals surface area contributed by atoms with Gasteiger partial charge in [-0.1, -0.05) is 53.5 Å². The Kier molecular flexibility index (Phi) is 3.82. The van der Waals surface area contributed by atoms with Gasteiger partial charge in [0.2, 0.25) is 0 Å². The van der Waals surface area contributed by atoms with Gasteiger partial charge in [-0.15, -0.1) is 0 Å². The molecule has 0 radical (unpaired) electrons. The molecule has 0 saturated carbocycles. The fraction of sp³-hybridized carbons (Fsp3) is 0.105. The van der Waals surface area contributed by atoms with Crippen LogP contribution >= 0.6 is 23.2 Å². The van der Waals surface area contributed by atoms with Crippen LogP contribution in [0.3, 0.4) is 0 Å². The Balaban J connectivity index is 1.72. The molecule has 1 aromatic heterocycles. The summed E-state index contributed by atoms with van der Waals surface area (Å²) in [4.78, 5) is 4.16. The molecule has 2 atom stereocenters. The van der Waals surface area contributed by atoms with Crippen molar-refractivity contribution in [3.05, 3.63) is 88.2 Å². The number of epoxide rings is 1. The van der Waals surface area contributed by atoms with Crippen molar-refractivity contribution in [1.29, 1.82) is 0 Å². The van der Waals surface area contributed by atoms with Crippen LogP contribution in [0, 0.1) is 0 Å². The van der Waals surface area contributed by atoms with Gasteiger partial charge >= 0.3 is 0 Å². The first-order valence-corrected chi connectivity index (χ1v) is 8.09. The van der Waals surface area contributed by atoms with E-state index in [0.717, 1.165) is 22.3 Å². The highest BCUT2D eigenvalue weighted by atomic mass is 35.5. The number of aromatic nitrogens is 1. The highest BCUT2D eigenvalue weighted by Crippen LogP contribution is 2.53. The van der Waals surface area contributed by atoms with Crippen LogP contribution < -0.4 is 0 Å². The second kappa shape index (κ2) is 5.97. The second-order valence-electron chi connectivity index (χ2n) is 5.51. The molecule has 0 spiro atoms. The first-order chi connectivity index (χ1) is 11.2. The van der Waals surface area contributed by atoms with Crippen molar-refractivity contribution in [3.63, 3.8) is 0 Å². The zero-order valence-electron chi connectivity index (χ0n) is 12.1. The highest BCUT2D eigenvalue weighted by molar-refractivity contribution is 6.35. The fourth-order valence-corrected chi connectivity index (χ4v) is 3.39. The third-order valence-electron chi connectivity index (χ3n) is 3.95. The number of hydrogen-bond acceptors (Lipinski definition) is 2. The van der Waals surface area contributed by atoms with Crippen LogP contribution in [0.1, 0.15) is 23.3 Å². The quantitative estimate of drug-likeness (QED) is 0.556. The molecule has 2 heterocycles. The van der Waals surface area contributed by atoms with E-state index in [4.69, 9.17) is 27.9 Å². The van der Waals surface area contributed by atoms with Crippen LogP contribution in [-0.2, 0) is 4.74 Å². The Morgan fingerprint density at radius 1 is 0.870 bits per heavy atom. The molecule has 0 amide bonds. The SMILES string of the molecule is Clc1cc(Cl)cc(-c2ccccc2C2OC2c2cccnc2)c1. The zero-order valence-corrected chi connectivity index (χ0v) is 13.6. The van der Waals surface area contributed by atoms with Crippen LogP contribution in [-0.4, -0.2) is 4.98 Å². The molecule has 1 saturated heterocycles. The Morgan fingerprint density at radius 2 is 1.65 bits per heavy atom. The molecule has 0 bridgehead atoms. The number of pyridine rings is 1. The van der Waals surface area contributed by atoms with Crippen molar-refractivity contribution in [3.8, 4) is 11.1 Å². The number of hydrogen-bond donors (Lipinski definition) is 0. The van der Waals surface area contributed by atoms with Gasteiger partial charge in [-0.05, 0) is 41.0 Å². The molecule has 4 rings (SSSR count). The van der Waals surface area contributed by atoms with Crippen molar-refractivity contribution < 1.29 is 4.74 Å². The normalized spacial score (nSPS) is 19.6. The first kappa shape index (κ1) is 14.7. The molecule has 2 nitrogen and oxygen atoms in total. The van der Waals surface area contributed by atoms with Gasteiger partial charge in [0.25, 0.3) is 0 Å². The maximum atomic E-state index is 6.15. The third-order valence-corrected chi connectivity index (χ3v) is 4.38. The van der Waals surface area contributed by atoms with Gasteiger partial charge < -0.3 is 4.74 Å². The van der Waals surface area contributed by atoms with Gasteiger partial charge in [-0.25, -0.2) is 0 Å². The fourth-order valence-electron chi connectivity index (χ4n) is 2.86. The van der Waals surface area contributed by atoms with Crippen LogP contribution in [0.5, 0.6) is 0 Å². The average molecular weight is 342 g/mol. The number of benzene rings is 2. The van der Waals surface area contributed by atoms with E-state index in [9.17, 15) is 0 Å². The molecule has 0 aliphatic carbocycles. The smallest absolute Gasteiger partial charge is 0.115 e. The van der Waals surface area contributed by atoms with E-state index in [-0.39, 0.29) is 12.2 Å². The zero-order chi connectivity index (χ0) is 15.8. The van der Waals surface area contributed by atoms with Gasteiger partial charge in [-0.2, -0.15) is 0 Å². The maximum absolute atomic E-state index is 6.15. The lowest BCUT2D eigenvalue weighted by Crippen LogP contribution is -1.90. The predicted octanol–water partition coefficient (Wildman–Crippen LogP) is 5.87. The summed E-state index contributed by atoms with van der Waals surface area (Å²) in [5.74, 6) is 0. The summed E-state index contributed by atoms with van der Waals surface area (Å²) in [6.07, 6.45) is 3.71. The van der Waals surface area contributed by atoms with E-state index < -0.39 is 0 Å². The molecule has 2 aromatic carbocycles. The maximum Gasteiger partial charge on any atom is 0.115 e. The standard InChI is InChI=1S/C19H13Cl2NO/c20-14-8-13(9-15(21)10-14)16-5-1-2-6-17(16)19-18(23-19)12-4-3-7-22-11-12/h1-11,18-19H. The summed E-state index contributed by atoms with van der Waals surface area (Å²) in [5, 5.41) is 1.26. The second-order valence-corrected chi connectivity index (χ2v) is 6.38. The van der Waals surface area contributed by atoms with Crippen molar-refractivity contribution in [2.75, 3.05) is 0 Å². The Labute approximate surface area is 144 Å². The lowest BCUT2D eigenvalue weighted by Gasteiger charge is -2.09. The van der Waals surface area contributed by atoms with Crippen molar-refractivity contribution in [1.82, 2.24) is 4.98 Å². The van der Waals surface area contributed by atoms with Gasteiger partial charge in [0.1, 0.15) is 12.2 Å². The lowest BCUT2D eigenvalue weighted by atomic mass is 9.95. The summed E-state index contributed by atoms with van der Waals surface area (Å²) in [6.45, 7) is 0. The molecular formula is C19H13Cl2NO. The van der Waals surface area contributed by atoms with E-state index in [1.165, 1.54) is 0 Å². The Morgan fingerprint density at radius 3 is 2.39 bits per heavy atom. The van der Waals surface area contributed by atoms with Crippen LogP contribution in [0.4, 0.5) is 0 Å². The van der Waals surface area contributed by atoms with Gasteiger partial charge in [0, 0.05) is 28.0 Å². The largest absolute Gasteiger partial charge is 0.359 e. The molecular weight excluding hydrogens is 329 g/mol. The van der Waals surface area contributed by atoms with Crippen LogP contribution in [0.25, 0.3) is 11.1 Å². The van der Waals surface area contributed by atoms with Crippen molar-refractivity contribution in [2.24, 2.45) is 0 Å². The molecule has 114 valence electrons. The molecule has 23 heavy (non-hydrogen) atoms. The molecule has 2 unspecified atom stereocenters. The Bertz CT molecular complexity index is 831. The minimum absolute atomic E-state index is 0.0353. The summed E-state index contributed by atoms with van der Waals surface area (Å²) in [6, 6.07) is 17.7. The van der Waals surface area contributed by atoms with E-state index in [0.29, 0.717) is 10.0 Å². The number of nitrogens with zero attached hydrogens (tertiary/aromatic N) is 1. The minimum Gasteiger partial charge on any atom is -0.359 e. The van der Waals surface area contributed by atoms with Gasteiger partial charge in [0.15, 0.2) is 0 Å². The van der Waals surface area contributed by atoms with Gasteiger partial charge in [0.05, 0.1) is 0 Å². The first-order valence-electron chi connectivity index (χ1n) is 7.33. The van der Waals surface area contributed by atoms with Crippen LogP contribution in [0.2, 0.25) is 10.0 Å². The molecule has 0 N–H and O–H groups in total. The third kappa shape index (κ3) is 2.98. The predicted molar refractivity (Wildman–Crippen MR) is 92.7 cm³/mol. The lowest BCUT2D eigenvalue weighted by molar-refractivity contribution is 0.377. The molecule has 1 aliphatic rings. The van der Waals surface area contributed by atoms with E-state index in [1.807, 2.05) is 42.6 Å². The summed E-state index contributed by atoms with van der Waals surface area (Å²) >= 11 is 12.3. The molecule has 1 fully saturated rings.